The number of carbonyl (C=O) groups is 1. The summed E-state index contributed by atoms with van der Waals surface area (Å²) < 4.78 is 35.8. The molecule has 0 aliphatic carbocycles. The third-order valence-corrected chi connectivity index (χ3v) is 4.33. The van der Waals surface area contributed by atoms with Crippen molar-refractivity contribution in [2.45, 2.75) is 17.4 Å². The predicted octanol–water partition coefficient (Wildman–Crippen LogP) is -0.566. The molecule has 7 nitrogen and oxygen atoms in total. The third-order valence-electron chi connectivity index (χ3n) is 2.91. The number of carbonyl (C=O) groups excluding carboxylic acids is 1. The molecule has 1 aliphatic rings. The summed E-state index contributed by atoms with van der Waals surface area (Å²) in [6, 6.07) is 4.53. The predicted molar refractivity (Wildman–Crippen MR) is 68.9 cm³/mol. The summed E-state index contributed by atoms with van der Waals surface area (Å²) in [4.78, 5) is 11.1. The third kappa shape index (κ3) is 3.09. The van der Waals surface area contributed by atoms with Gasteiger partial charge >= 0.3 is 5.97 Å². The van der Waals surface area contributed by atoms with Gasteiger partial charge < -0.3 is 14.6 Å². The van der Waals surface area contributed by atoms with E-state index in [1.165, 1.54) is 12.1 Å². The zero-order valence-electron chi connectivity index (χ0n) is 10.8. The number of nitrogens with one attached hydrogen (secondary N) is 1. The summed E-state index contributed by atoms with van der Waals surface area (Å²) in [6.45, 7) is 0.0932. The molecule has 20 heavy (non-hydrogen) atoms. The number of hydrogen-bond donors (Lipinski definition) is 2. The molecule has 8 heteroatoms. The van der Waals surface area contributed by atoms with Crippen molar-refractivity contribution in [3.63, 3.8) is 0 Å². The normalized spacial score (nSPS) is 15.3. The highest BCUT2D eigenvalue weighted by Crippen LogP contribution is 2.27. The molecule has 1 aromatic rings. The number of aliphatic hydroxyl groups excluding tert-OH is 1. The molecule has 0 amide bonds. The van der Waals surface area contributed by atoms with E-state index in [-0.39, 0.29) is 4.90 Å². The smallest absolute Gasteiger partial charge is 0.336 e. The highest BCUT2D eigenvalue weighted by atomic mass is 32.2. The van der Waals surface area contributed by atoms with Gasteiger partial charge in [-0.15, -0.1) is 0 Å². The van der Waals surface area contributed by atoms with Crippen LogP contribution in [0.4, 0.5) is 0 Å². The van der Waals surface area contributed by atoms with Crippen LogP contribution in [-0.2, 0) is 26.0 Å². The van der Waals surface area contributed by atoms with E-state index >= 15 is 0 Å². The average Bonchev–Trinajstić information content (AvgIpc) is 2.91. The molecule has 110 valence electrons. The van der Waals surface area contributed by atoms with Crippen molar-refractivity contribution >= 4 is 16.0 Å². The van der Waals surface area contributed by atoms with Crippen molar-refractivity contribution in [2.24, 2.45) is 0 Å². The first-order valence-corrected chi connectivity index (χ1v) is 7.43. The van der Waals surface area contributed by atoms with E-state index in [9.17, 15) is 18.3 Å². The minimum Gasteiger partial charge on any atom is -0.493 e. The average molecular weight is 301 g/mol. The molecule has 0 bridgehead atoms. The summed E-state index contributed by atoms with van der Waals surface area (Å²) in [6.07, 6.45) is -0.878. The number of sulfonamides is 1. The second kappa shape index (κ2) is 5.78. The van der Waals surface area contributed by atoms with Gasteiger partial charge in [-0.2, -0.15) is 0 Å². The molecule has 1 aliphatic heterocycles. The SMILES string of the molecule is COC(=O)[C@@H](O)CNS(=O)(=O)c1ccc2c(c1)CCO2. The van der Waals surface area contributed by atoms with E-state index in [1.54, 1.807) is 6.07 Å². The van der Waals surface area contributed by atoms with Crippen LogP contribution >= 0.6 is 0 Å². The van der Waals surface area contributed by atoms with Crippen LogP contribution in [-0.4, -0.2) is 45.9 Å². The van der Waals surface area contributed by atoms with Crippen LogP contribution in [0.2, 0.25) is 0 Å². The summed E-state index contributed by atoms with van der Waals surface area (Å²) in [5, 5.41) is 9.36. The van der Waals surface area contributed by atoms with Gasteiger partial charge in [-0.1, -0.05) is 0 Å². The molecule has 1 atom stereocenters. The first-order chi connectivity index (χ1) is 9.44. The Morgan fingerprint density at radius 3 is 3.00 bits per heavy atom. The van der Waals surface area contributed by atoms with Gasteiger partial charge in [0, 0.05) is 13.0 Å². The lowest BCUT2D eigenvalue weighted by atomic mass is 10.2. The molecule has 0 saturated heterocycles. The Morgan fingerprint density at radius 2 is 2.30 bits per heavy atom. The maximum absolute atomic E-state index is 12.0. The number of ether oxygens (including phenoxy) is 2. The van der Waals surface area contributed by atoms with Crippen molar-refractivity contribution < 1.29 is 27.8 Å². The highest BCUT2D eigenvalue weighted by molar-refractivity contribution is 7.89. The van der Waals surface area contributed by atoms with E-state index in [0.717, 1.165) is 12.7 Å². The molecule has 1 heterocycles. The second-order valence-corrected chi connectivity index (χ2v) is 6.03. The minimum atomic E-state index is -3.79. The van der Waals surface area contributed by atoms with Crippen LogP contribution in [0.1, 0.15) is 5.56 Å². The lowest BCUT2D eigenvalue weighted by Crippen LogP contribution is -2.37. The highest BCUT2D eigenvalue weighted by Gasteiger charge is 2.22. The van der Waals surface area contributed by atoms with Gasteiger partial charge in [0.15, 0.2) is 6.10 Å². The van der Waals surface area contributed by atoms with E-state index in [0.29, 0.717) is 18.8 Å². The van der Waals surface area contributed by atoms with Gasteiger partial charge in [-0.3, -0.25) is 0 Å². The fourth-order valence-electron chi connectivity index (χ4n) is 1.82. The van der Waals surface area contributed by atoms with Crippen LogP contribution in [0.25, 0.3) is 0 Å². The van der Waals surface area contributed by atoms with Gasteiger partial charge in [0.05, 0.1) is 18.6 Å². The first kappa shape index (κ1) is 14.8. The van der Waals surface area contributed by atoms with E-state index in [1.807, 2.05) is 0 Å². The van der Waals surface area contributed by atoms with E-state index in [2.05, 4.69) is 9.46 Å². The monoisotopic (exact) mass is 301 g/mol. The number of rotatable bonds is 5. The number of methoxy groups -OCH3 is 1. The minimum absolute atomic E-state index is 0.0683. The van der Waals surface area contributed by atoms with Gasteiger partial charge in [0.25, 0.3) is 0 Å². The number of hydrogen-bond acceptors (Lipinski definition) is 6. The topological polar surface area (TPSA) is 102 Å². The Bertz CT molecular complexity index is 612. The Labute approximate surface area is 116 Å². The van der Waals surface area contributed by atoms with Gasteiger partial charge in [-0.25, -0.2) is 17.9 Å². The summed E-state index contributed by atoms with van der Waals surface area (Å²) in [5.41, 5.74) is 0.821. The Morgan fingerprint density at radius 1 is 1.55 bits per heavy atom. The zero-order valence-corrected chi connectivity index (χ0v) is 11.6. The van der Waals surface area contributed by atoms with Gasteiger partial charge in [-0.05, 0) is 23.8 Å². The van der Waals surface area contributed by atoms with Crippen LogP contribution < -0.4 is 9.46 Å². The largest absolute Gasteiger partial charge is 0.493 e. The lowest BCUT2D eigenvalue weighted by molar-refractivity contribution is -0.149. The van der Waals surface area contributed by atoms with E-state index in [4.69, 9.17) is 4.74 Å². The van der Waals surface area contributed by atoms with Crippen molar-refractivity contribution in [1.29, 1.82) is 0 Å². The molecule has 0 aromatic heterocycles. The van der Waals surface area contributed by atoms with Crippen molar-refractivity contribution in [3.8, 4) is 5.75 Å². The van der Waals surface area contributed by atoms with Crippen molar-refractivity contribution in [1.82, 2.24) is 4.72 Å². The van der Waals surface area contributed by atoms with Crippen molar-refractivity contribution in [3.05, 3.63) is 23.8 Å². The molecule has 0 spiro atoms. The van der Waals surface area contributed by atoms with Crippen molar-refractivity contribution in [2.75, 3.05) is 20.3 Å². The fraction of sp³-hybridized carbons (Fsp3) is 0.417. The van der Waals surface area contributed by atoms with Crippen LogP contribution in [0.3, 0.4) is 0 Å². The molecular formula is C12H15NO6S. The van der Waals surface area contributed by atoms with Gasteiger partial charge in [0.2, 0.25) is 10.0 Å². The number of fused-ring (bicyclic) bond motifs is 1. The quantitative estimate of drug-likeness (QED) is 0.706. The second-order valence-electron chi connectivity index (χ2n) is 4.26. The van der Waals surface area contributed by atoms with Crippen LogP contribution in [0, 0.1) is 0 Å². The number of aliphatic hydroxyl groups is 1. The first-order valence-electron chi connectivity index (χ1n) is 5.95. The maximum Gasteiger partial charge on any atom is 0.336 e. The molecular weight excluding hydrogens is 286 g/mol. The Hall–Kier alpha value is -1.64. The Balaban J connectivity index is 2.09. The molecule has 0 unspecified atom stereocenters. The lowest BCUT2D eigenvalue weighted by Gasteiger charge is -2.11. The summed E-state index contributed by atoms with van der Waals surface area (Å²) in [5.74, 6) is -0.214. The molecule has 2 N–H and O–H groups in total. The molecule has 2 rings (SSSR count). The fourth-order valence-corrected chi connectivity index (χ4v) is 2.91. The van der Waals surface area contributed by atoms with Crippen LogP contribution in [0.15, 0.2) is 23.1 Å². The molecule has 1 aromatic carbocycles. The van der Waals surface area contributed by atoms with Gasteiger partial charge in [0.1, 0.15) is 5.75 Å². The van der Waals surface area contributed by atoms with Crippen LogP contribution in [0.5, 0.6) is 5.75 Å². The number of benzene rings is 1. The standard InChI is InChI=1S/C12H15NO6S/c1-18-12(15)10(14)7-13-20(16,17)9-2-3-11-8(6-9)4-5-19-11/h2-3,6,10,13-14H,4-5,7H2,1H3/t10-/m0/s1. The molecule has 0 fully saturated rings. The summed E-state index contributed by atoms with van der Waals surface area (Å²) >= 11 is 0. The number of esters is 1. The maximum atomic E-state index is 12.0. The zero-order chi connectivity index (χ0) is 14.8. The Kier molecular flexibility index (Phi) is 4.26. The molecule has 0 saturated carbocycles. The summed E-state index contributed by atoms with van der Waals surface area (Å²) in [7, 11) is -2.68. The van der Waals surface area contributed by atoms with E-state index < -0.39 is 28.6 Å². The molecule has 0 radical (unpaired) electrons.